The number of hydrogen-bond donors (Lipinski definition) is 4. The number of ether oxygens (including phenoxy) is 4. The summed E-state index contributed by atoms with van der Waals surface area (Å²) in [6.45, 7) is 0.441. The fraction of sp³-hybridized carbons (Fsp3) is 0.357. The average Bonchev–Trinajstić information content (AvgIpc) is 2.89. The Morgan fingerprint density at radius 3 is 2.42 bits per heavy atom. The van der Waals surface area contributed by atoms with Gasteiger partial charge < -0.3 is 39.4 Å². The first-order valence-corrected chi connectivity index (χ1v) is 12.0. The minimum absolute atomic E-state index is 0.0264. The highest BCUT2D eigenvalue weighted by atomic mass is 16.5. The molecule has 1 heterocycles. The number of aliphatic hydroxyl groups excluding tert-OH is 2. The lowest BCUT2D eigenvalue weighted by molar-refractivity contribution is 0.0877. The summed E-state index contributed by atoms with van der Waals surface area (Å²) in [4.78, 5) is 0. The van der Waals surface area contributed by atoms with Gasteiger partial charge in [-0.3, -0.25) is 0 Å². The molecule has 3 aromatic carbocycles. The number of fused-ring (bicyclic) bond motifs is 5. The molecule has 0 unspecified atom stereocenters. The van der Waals surface area contributed by atoms with Crippen LogP contribution in [0.4, 0.5) is 0 Å². The Morgan fingerprint density at radius 2 is 1.67 bits per heavy atom. The lowest BCUT2D eigenvalue weighted by Gasteiger charge is -2.35. The molecular formula is C28H30O8. The fourth-order valence-electron chi connectivity index (χ4n) is 5.26. The van der Waals surface area contributed by atoms with Crippen molar-refractivity contribution in [1.82, 2.24) is 0 Å². The summed E-state index contributed by atoms with van der Waals surface area (Å²) < 4.78 is 22.6. The topological polar surface area (TPSA) is 118 Å². The zero-order chi connectivity index (χ0) is 25.4. The molecule has 4 N–H and O–H groups in total. The van der Waals surface area contributed by atoms with E-state index in [1.807, 2.05) is 12.1 Å². The average molecular weight is 495 g/mol. The van der Waals surface area contributed by atoms with E-state index >= 15 is 0 Å². The highest BCUT2D eigenvalue weighted by molar-refractivity contribution is 5.79. The van der Waals surface area contributed by atoms with Gasteiger partial charge in [0.2, 0.25) is 5.75 Å². The first-order chi connectivity index (χ1) is 17.5. The van der Waals surface area contributed by atoms with Gasteiger partial charge in [-0.05, 0) is 59.4 Å². The van der Waals surface area contributed by atoms with Crippen molar-refractivity contribution in [2.45, 2.75) is 31.3 Å². The van der Waals surface area contributed by atoms with Crippen molar-refractivity contribution in [3.8, 4) is 45.6 Å². The van der Waals surface area contributed by atoms with Crippen LogP contribution in [-0.2, 0) is 12.8 Å². The van der Waals surface area contributed by atoms with Crippen LogP contribution in [0.1, 0.15) is 40.7 Å². The van der Waals surface area contributed by atoms with E-state index in [9.17, 15) is 15.3 Å². The standard InChI is InChI=1S/C28H30O8/c1-33-23-13-16(30)12-20-17-6-7-22-26(19(17)5-4-18(20)23)27(31)21(14-36-22)15-10-24(34-2)28(32)25(11-15)35-9-3-8-29/h6-7,10-13,21,27,29-32H,3-5,8-9,14H2,1-2H3/t21-,27-/m0/s1. The largest absolute Gasteiger partial charge is 0.508 e. The second kappa shape index (κ2) is 9.79. The number of rotatable bonds is 7. The van der Waals surface area contributed by atoms with Crippen molar-refractivity contribution in [1.29, 1.82) is 0 Å². The summed E-state index contributed by atoms with van der Waals surface area (Å²) in [6.07, 6.45) is 0.940. The maximum absolute atomic E-state index is 11.6. The molecule has 0 radical (unpaired) electrons. The third-order valence-electron chi connectivity index (χ3n) is 7.01. The summed E-state index contributed by atoms with van der Waals surface area (Å²) in [6, 6.07) is 10.6. The summed E-state index contributed by atoms with van der Waals surface area (Å²) in [5.74, 6) is 1.30. The number of methoxy groups -OCH3 is 2. The third kappa shape index (κ3) is 4.06. The van der Waals surface area contributed by atoms with Gasteiger partial charge in [0.15, 0.2) is 11.5 Å². The normalized spacial score (nSPS) is 17.9. The molecule has 8 heteroatoms. The summed E-state index contributed by atoms with van der Waals surface area (Å²) in [5, 5.41) is 41.5. The van der Waals surface area contributed by atoms with E-state index in [0.29, 0.717) is 36.3 Å². The molecular weight excluding hydrogens is 464 g/mol. The van der Waals surface area contributed by atoms with Crippen LogP contribution >= 0.6 is 0 Å². The predicted octanol–water partition coefficient (Wildman–Crippen LogP) is 3.85. The van der Waals surface area contributed by atoms with Crippen LogP contribution in [0.2, 0.25) is 0 Å². The van der Waals surface area contributed by atoms with Crippen molar-refractivity contribution in [2.24, 2.45) is 0 Å². The van der Waals surface area contributed by atoms with E-state index < -0.39 is 12.0 Å². The van der Waals surface area contributed by atoms with Crippen LogP contribution in [-0.4, -0.2) is 54.5 Å². The molecule has 1 aliphatic carbocycles. The second-order valence-electron chi connectivity index (χ2n) is 9.04. The van der Waals surface area contributed by atoms with E-state index in [2.05, 4.69) is 0 Å². The molecule has 8 nitrogen and oxygen atoms in total. The SMILES string of the molecule is COc1cc([C@@H]2COc3ccc4c(c3[C@H]2O)CCc2c(OC)cc(O)cc2-4)cc(OCCCO)c1O. The zero-order valence-electron chi connectivity index (χ0n) is 20.3. The Labute approximate surface area is 209 Å². The van der Waals surface area contributed by atoms with E-state index in [-0.39, 0.29) is 42.8 Å². The van der Waals surface area contributed by atoms with Crippen molar-refractivity contribution < 1.29 is 39.4 Å². The van der Waals surface area contributed by atoms with E-state index in [4.69, 9.17) is 24.1 Å². The molecule has 3 aromatic rings. The van der Waals surface area contributed by atoms with Crippen molar-refractivity contribution in [2.75, 3.05) is 34.0 Å². The molecule has 36 heavy (non-hydrogen) atoms. The van der Waals surface area contributed by atoms with Gasteiger partial charge in [-0.25, -0.2) is 0 Å². The molecule has 0 amide bonds. The van der Waals surface area contributed by atoms with E-state index in [1.54, 1.807) is 31.4 Å². The summed E-state index contributed by atoms with van der Waals surface area (Å²) in [5.41, 5.74) is 5.26. The highest BCUT2D eigenvalue weighted by Crippen LogP contribution is 2.50. The van der Waals surface area contributed by atoms with Gasteiger partial charge in [0.25, 0.3) is 0 Å². The van der Waals surface area contributed by atoms with Crippen molar-refractivity contribution in [3.05, 3.63) is 58.7 Å². The minimum atomic E-state index is -0.871. The molecule has 0 saturated heterocycles. The predicted molar refractivity (Wildman–Crippen MR) is 133 cm³/mol. The molecule has 0 bridgehead atoms. The van der Waals surface area contributed by atoms with Crippen LogP contribution < -0.4 is 18.9 Å². The summed E-state index contributed by atoms with van der Waals surface area (Å²) in [7, 11) is 3.05. The second-order valence-corrected chi connectivity index (χ2v) is 9.04. The maximum atomic E-state index is 11.6. The molecule has 190 valence electrons. The van der Waals surface area contributed by atoms with Crippen LogP contribution in [0.25, 0.3) is 11.1 Å². The number of aliphatic hydroxyl groups is 2. The van der Waals surface area contributed by atoms with Gasteiger partial charge in [-0.1, -0.05) is 6.07 Å². The van der Waals surface area contributed by atoms with Gasteiger partial charge in [0.1, 0.15) is 17.2 Å². The minimum Gasteiger partial charge on any atom is -0.508 e. The molecule has 0 fully saturated rings. The summed E-state index contributed by atoms with van der Waals surface area (Å²) >= 11 is 0. The van der Waals surface area contributed by atoms with Crippen molar-refractivity contribution >= 4 is 0 Å². The molecule has 0 spiro atoms. The van der Waals surface area contributed by atoms with Crippen LogP contribution in [0.3, 0.4) is 0 Å². The Kier molecular flexibility index (Phi) is 6.55. The molecule has 2 aliphatic rings. The smallest absolute Gasteiger partial charge is 0.200 e. The molecule has 2 atom stereocenters. The van der Waals surface area contributed by atoms with E-state index in [0.717, 1.165) is 27.8 Å². The Morgan fingerprint density at radius 1 is 0.917 bits per heavy atom. The van der Waals surface area contributed by atoms with Gasteiger partial charge in [0, 0.05) is 36.1 Å². The first kappa shape index (κ1) is 24.1. The quantitative estimate of drug-likeness (QED) is 0.366. The number of phenolic OH excluding ortho intramolecular Hbond substituents is 2. The van der Waals surface area contributed by atoms with Gasteiger partial charge >= 0.3 is 0 Å². The van der Waals surface area contributed by atoms with Crippen LogP contribution in [0, 0.1) is 0 Å². The molecule has 0 aromatic heterocycles. The fourth-order valence-corrected chi connectivity index (χ4v) is 5.26. The number of aromatic hydroxyl groups is 2. The Balaban J connectivity index is 1.56. The molecule has 1 aliphatic heterocycles. The lowest BCUT2D eigenvalue weighted by atomic mass is 9.77. The number of phenols is 2. The van der Waals surface area contributed by atoms with Crippen LogP contribution in [0.15, 0.2) is 36.4 Å². The van der Waals surface area contributed by atoms with E-state index in [1.165, 1.54) is 7.11 Å². The number of hydrogen-bond acceptors (Lipinski definition) is 8. The maximum Gasteiger partial charge on any atom is 0.200 e. The van der Waals surface area contributed by atoms with Gasteiger partial charge in [-0.2, -0.15) is 0 Å². The van der Waals surface area contributed by atoms with Gasteiger partial charge in [-0.15, -0.1) is 0 Å². The highest BCUT2D eigenvalue weighted by Gasteiger charge is 2.36. The number of benzene rings is 3. The zero-order valence-corrected chi connectivity index (χ0v) is 20.3. The monoisotopic (exact) mass is 494 g/mol. The van der Waals surface area contributed by atoms with Crippen molar-refractivity contribution in [3.63, 3.8) is 0 Å². The first-order valence-electron chi connectivity index (χ1n) is 12.0. The Bertz CT molecular complexity index is 1290. The van der Waals surface area contributed by atoms with Gasteiger partial charge in [0.05, 0.1) is 33.5 Å². The lowest BCUT2D eigenvalue weighted by Crippen LogP contribution is -2.26. The molecule has 5 rings (SSSR count). The molecule has 0 saturated carbocycles. The van der Waals surface area contributed by atoms with Crippen LogP contribution in [0.5, 0.6) is 34.5 Å². The Hall–Kier alpha value is -3.62. The third-order valence-corrected chi connectivity index (χ3v) is 7.01.